The van der Waals surface area contributed by atoms with Crippen LogP contribution in [0.2, 0.25) is 10.0 Å². The number of hydrogen-bond donors (Lipinski definition) is 2. The minimum atomic E-state index is -0.390. The Balaban J connectivity index is 1.32. The highest BCUT2D eigenvalue weighted by Crippen LogP contribution is 2.36. The van der Waals surface area contributed by atoms with Gasteiger partial charge in [0.05, 0.1) is 5.02 Å². The molecular weight excluding hydrogens is 485 g/mol. The number of carbonyl (C=O) groups is 1. The molecule has 0 radical (unpaired) electrons. The number of fused-ring (bicyclic) bond motifs is 2. The molecule has 5 rings (SSSR count). The molecule has 0 fully saturated rings. The summed E-state index contributed by atoms with van der Waals surface area (Å²) in [7, 11) is 0. The Morgan fingerprint density at radius 2 is 1.84 bits per heavy atom. The largest absolute Gasteiger partial charge is 0.436 e. The summed E-state index contributed by atoms with van der Waals surface area (Å²) in [5, 5.41) is 7.55. The Morgan fingerprint density at radius 1 is 1.03 bits per heavy atom. The lowest BCUT2D eigenvalue weighted by Crippen LogP contribution is -2.33. The van der Waals surface area contributed by atoms with Gasteiger partial charge in [-0.1, -0.05) is 47.5 Å². The molecule has 3 aromatic carbocycles. The van der Waals surface area contributed by atoms with Crippen molar-refractivity contribution in [2.45, 2.75) is 0 Å². The Labute approximate surface area is 202 Å². The number of nitrogens with one attached hydrogen (secondary N) is 2. The summed E-state index contributed by atoms with van der Waals surface area (Å²) in [6.07, 6.45) is 0. The first-order chi connectivity index (χ1) is 15.5. The van der Waals surface area contributed by atoms with E-state index in [1.54, 1.807) is 36.4 Å². The van der Waals surface area contributed by atoms with Gasteiger partial charge < -0.3 is 9.73 Å². The zero-order valence-corrected chi connectivity index (χ0v) is 19.3. The molecule has 0 aliphatic rings. The van der Waals surface area contributed by atoms with Crippen molar-refractivity contribution >= 4 is 84.6 Å². The number of halogens is 2. The van der Waals surface area contributed by atoms with E-state index in [9.17, 15) is 4.79 Å². The van der Waals surface area contributed by atoms with Crippen molar-refractivity contribution in [1.82, 2.24) is 10.3 Å². The van der Waals surface area contributed by atoms with Crippen molar-refractivity contribution in [1.29, 1.82) is 0 Å². The topological polar surface area (TPSA) is 67.2 Å². The Morgan fingerprint density at radius 3 is 2.66 bits per heavy atom. The molecule has 9 heteroatoms. The van der Waals surface area contributed by atoms with Gasteiger partial charge in [0.2, 0.25) is 5.89 Å². The van der Waals surface area contributed by atoms with Crippen LogP contribution in [-0.4, -0.2) is 16.0 Å². The average molecular weight is 498 g/mol. The molecule has 158 valence electrons. The number of aromatic nitrogens is 1. The molecule has 0 unspecified atom stereocenters. The number of carbonyl (C=O) groups excluding carboxylic acids is 1. The van der Waals surface area contributed by atoms with Crippen LogP contribution < -0.4 is 10.6 Å². The van der Waals surface area contributed by atoms with Crippen molar-refractivity contribution in [3.05, 3.63) is 81.7 Å². The normalized spacial score (nSPS) is 11.1. The van der Waals surface area contributed by atoms with E-state index >= 15 is 0 Å². The van der Waals surface area contributed by atoms with Gasteiger partial charge in [-0.15, -0.1) is 11.3 Å². The predicted molar refractivity (Wildman–Crippen MR) is 135 cm³/mol. The van der Waals surface area contributed by atoms with Crippen LogP contribution in [0.3, 0.4) is 0 Å². The van der Waals surface area contributed by atoms with E-state index < -0.39 is 5.91 Å². The van der Waals surface area contributed by atoms with E-state index in [4.69, 9.17) is 39.8 Å². The first-order valence-corrected chi connectivity index (χ1v) is 11.4. The second-order valence-electron chi connectivity index (χ2n) is 6.86. The van der Waals surface area contributed by atoms with E-state index in [-0.39, 0.29) is 5.11 Å². The van der Waals surface area contributed by atoms with Gasteiger partial charge in [0.25, 0.3) is 5.91 Å². The van der Waals surface area contributed by atoms with E-state index in [1.807, 2.05) is 30.3 Å². The fourth-order valence-electron chi connectivity index (χ4n) is 3.22. The number of oxazole rings is 1. The minimum Gasteiger partial charge on any atom is -0.436 e. The molecule has 0 aliphatic heterocycles. The number of nitrogens with zero attached hydrogens (tertiary/aromatic N) is 1. The second kappa shape index (κ2) is 8.52. The molecule has 32 heavy (non-hydrogen) atoms. The molecular formula is C23H13Cl2N3O2S2. The number of amides is 1. The van der Waals surface area contributed by atoms with E-state index in [1.165, 1.54) is 11.3 Å². The smallest absolute Gasteiger partial charge is 0.269 e. The van der Waals surface area contributed by atoms with Crippen LogP contribution in [0.25, 0.3) is 32.6 Å². The van der Waals surface area contributed by atoms with Crippen molar-refractivity contribution in [2.24, 2.45) is 0 Å². The van der Waals surface area contributed by atoms with Gasteiger partial charge >= 0.3 is 0 Å². The molecule has 2 N–H and O–H groups in total. The third-order valence-electron chi connectivity index (χ3n) is 4.69. The Bertz CT molecular complexity index is 1500. The third kappa shape index (κ3) is 4.08. The summed E-state index contributed by atoms with van der Waals surface area (Å²) in [6, 6.07) is 20.4. The number of rotatable bonds is 3. The third-order valence-corrected chi connectivity index (χ3v) is 6.79. The van der Waals surface area contributed by atoms with Crippen LogP contribution in [0, 0.1) is 0 Å². The van der Waals surface area contributed by atoms with Crippen LogP contribution in [0.5, 0.6) is 0 Å². The lowest BCUT2D eigenvalue weighted by Gasteiger charge is -2.08. The summed E-state index contributed by atoms with van der Waals surface area (Å²) in [4.78, 5) is 17.6. The molecule has 5 aromatic rings. The molecule has 0 spiro atoms. The van der Waals surface area contributed by atoms with Crippen LogP contribution >= 0.6 is 46.8 Å². The van der Waals surface area contributed by atoms with Gasteiger partial charge in [-0.05, 0) is 54.7 Å². The zero-order chi connectivity index (χ0) is 22.2. The number of anilines is 1. The fraction of sp³-hybridized carbons (Fsp3) is 0. The van der Waals surface area contributed by atoms with Crippen molar-refractivity contribution in [3.63, 3.8) is 0 Å². The summed E-state index contributed by atoms with van der Waals surface area (Å²) >= 11 is 19.0. The van der Waals surface area contributed by atoms with Gasteiger partial charge in [-0.3, -0.25) is 10.1 Å². The number of hydrogen-bond acceptors (Lipinski definition) is 5. The van der Waals surface area contributed by atoms with E-state index in [0.29, 0.717) is 37.6 Å². The SMILES string of the molecule is O=C(NC(=S)Nc1ccc2oc(-c3ccccc3)nc2c1)c1sc2cc(Cl)ccc2c1Cl. The highest BCUT2D eigenvalue weighted by molar-refractivity contribution is 7.80. The first-order valence-electron chi connectivity index (χ1n) is 9.44. The van der Waals surface area contributed by atoms with Gasteiger partial charge in [0, 0.05) is 26.4 Å². The molecule has 0 bridgehead atoms. The van der Waals surface area contributed by atoms with Gasteiger partial charge in [-0.2, -0.15) is 0 Å². The monoisotopic (exact) mass is 497 g/mol. The number of thiophene rings is 1. The van der Waals surface area contributed by atoms with Crippen molar-refractivity contribution < 1.29 is 9.21 Å². The summed E-state index contributed by atoms with van der Waals surface area (Å²) < 4.78 is 6.65. The van der Waals surface area contributed by atoms with Crippen molar-refractivity contribution in [2.75, 3.05) is 5.32 Å². The van der Waals surface area contributed by atoms with E-state index in [2.05, 4.69) is 15.6 Å². The minimum absolute atomic E-state index is 0.146. The average Bonchev–Trinajstić information content (AvgIpc) is 3.35. The molecule has 0 atom stereocenters. The van der Waals surface area contributed by atoms with E-state index in [0.717, 1.165) is 15.6 Å². The van der Waals surface area contributed by atoms with Crippen LogP contribution in [-0.2, 0) is 0 Å². The quantitative estimate of drug-likeness (QED) is 0.259. The van der Waals surface area contributed by atoms with Gasteiger partial charge in [0.1, 0.15) is 10.4 Å². The highest BCUT2D eigenvalue weighted by atomic mass is 35.5. The van der Waals surface area contributed by atoms with Gasteiger partial charge in [-0.25, -0.2) is 4.98 Å². The van der Waals surface area contributed by atoms with Crippen LogP contribution in [0.15, 0.2) is 71.1 Å². The number of benzene rings is 3. The molecule has 2 heterocycles. The lowest BCUT2D eigenvalue weighted by atomic mass is 10.2. The maximum atomic E-state index is 12.7. The van der Waals surface area contributed by atoms with Crippen LogP contribution in [0.1, 0.15) is 9.67 Å². The van der Waals surface area contributed by atoms with Gasteiger partial charge in [0.15, 0.2) is 10.7 Å². The lowest BCUT2D eigenvalue weighted by molar-refractivity contribution is 0.0982. The first kappa shape index (κ1) is 20.9. The molecule has 2 aromatic heterocycles. The maximum Gasteiger partial charge on any atom is 0.269 e. The number of thiocarbonyl (C=S) groups is 1. The fourth-order valence-corrected chi connectivity index (χ4v) is 5.12. The standard InChI is InChI=1S/C23H13Cl2N3O2S2/c24-13-6-8-15-18(10-13)32-20(19(15)25)21(29)28-23(31)26-14-7-9-17-16(11-14)27-22(30-17)12-4-2-1-3-5-12/h1-11H,(H2,26,28,29,31). The zero-order valence-electron chi connectivity index (χ0n) is 16.2. The molecule has 5 nitrogen and oxygen atoms in total. The highest BCUT2D eigenvalue weighted by Gasteiger charge is 2.18. The molecule has 0 aliphatic carbocycles. The molecule has 1 amide bonds. The predicted octanol–water partition coefficient (Wildman–Crippen LogP) is 7.14. The Kier molecular flexibility index (Phi) is 5.57. The summed E-state index contributed by atoms with van der Waals surface area (Å²) in [5.41, 5.74) is 2.89. The second-order valence-corrected chi connectivity index (χ2v) is 9.14. The molecule has 0 saturated carbocycles. The Hall–Kier alpha value is -2.97. The maximum absolute atomic E-state index is 12.7. The summed E-state index contributed by atoms with van der Waals surface area (Å²) in [6.45, 7) is 0. The molecule has 0 saturated heterocycles. The van der Waals surface area contributed by atoms with Crippen molar-refractivity contribution in [3.8, 4) is 11.5 Å². The van der Waals surface area contributed by atoms with Crippen LogP contribution in [0.4, 0.5) is 5.69 Å². The summed E-state index contributed by atoms with van der Waals surface area (Å²) in [5.74, 6) is 0.145.